The van der Waals surface area contributed by atoms with E-state index in [0.717, 1.165) is 0 Å². The summed E-state index contributed by atoms with van der Waals surface area (Å²) in [5, 5.41) is 0.521. The molecule has 0 spiro atoms. The summed E-state index contributed by atoms with van der Waals surface area (Å²) in [6.07, 6.45) is -4.51. The van der Waals surface area contributed by atoms with E-state index in [1.807, 2.05) is 0 Å². The van der Waals surface area contributed by atoms with Gasteiger partial charge in [-0.2, -0.15) is 13.2 Å². The summed E-state index contributed by atoms with van der Waals surface area (Å²) in [6, 6.07) is 7.94. The standard InChI is InChI=1S/C15H14ClF3O/c1-14(2,3)11-8-12(20-13(11)15(17,18)19)9-4-6-10(16)7-5-9/h4-8H,1-3H3. The minimum absolute atomic E-state index is 0.148. The lowest BCUT2D eigenvalue weighted by atomic mass is 9.86. The van der Waals surface area contributed by atoms with Crippen LogP contribution in [-0.4, -0.2) is 0 Å². The van der Waals surface area contributed by atoms with Gasteiger partial charge in [0.05, 0.1) is 0 Å². The van der Waals surface area contributed by atoms with Crippen LogP contribution in [0.15, 0.2) is 34.7 Å². The Hall–Kier alpha value is -1.42. The summed E-state index contributed by atoms with van der Waals surface area (Å²) < 4.78 is 44.2. The SMILES string of the molecule is CC(C)(C)c1cc(-c2ccc(Cl)cc2)oc1C(F)(F)F. The predicted octanol–water partition coefficient (Wildman–Crippen LogP) is 5.92. The van der Waals surface area contributed by atoms with E-state index < -0.39 is 17.4 Å². The second-order valence-electron chi connectivity index (χ2n) is 5.61. The second-order valence-corrected chi connectivity index (χ2v) is 6.04. The molecule has 108 valence electrons. The van der Waals surface area contributed by atoms with Gasteiger partial charge in [-0.3, -0.25) is 0 Å². The number of alkyl halides is 3. The zero-order valence-corrected chi connectivity index (χ0v) is 12.1. The van der Waals surface area contributed by atoms with Gasteiger partial charge in [0, 0.05) is 16.1 Å². The minimum Gasteiger partial charge on any atom is -0.451 e. The highest BCUT2D eigenvalue weighted by Gasteiger charge is 2.41. The molecule has 0 N–H and O–H groups in total. The van der Waals surface area contributed by atoms with Crippen molar-refractivity contribution in [2.45, 2.75) is 32.4 Å². The van der Waals surface area contributed by atoms with Crippen LogP contribution in [0.2, 0.25) is 5.02 Å². The summed E-state index contributed by atoms with van der Waals surface area (Å²) in [5.41, 5.74) is 0.0595. The normalized spacial score (nSPS) is 12.8. The van der Waals surface area contributed by atoms with Crippen LogP contribution in [-0.2, 0) is 11.6 Å². The zero-order valence-electron chi connectivity index (χ0n) is 11.3. The van der Waals surface area contributed by atoms with Crippen molar-refractivity contribution in [3.8, 4) is 11.3 Å². The molecule has 2 aromatic rings. The molecule has 1 aromatic heterocycles. The van der Waals surface area contributed by atoms with Gasteiger partial charge in [-0.05, 0) is 35.7 Å². The van der Waals surface area contributed by atoms with Crippen LogP contribution in [0.4, 0.5) is 13.2 Å². The van der Waals surface area contributed by atoms with Crippen LogP contribution in [0.25, 0.3) is 11.3 Å². The molecule has 1 nitrogen and oxygen atoms in total. The average Bonchev–Trinajstić information content (AvgIpc) is 2.74. The smallest absolute Gasteiger partial charge is 0.449 e. The van der Waals surface area contributed by atoms with Crippen molar-refractivity contribution in [2.24, 2.45) is 0 Å². The number of rotatable bonds is 1. The van der Waals surface area contributed by atoms with Gasteiger partial charge in [-0.15, -0.1) is 0 Å². The van der Waals surface area contributed by atoms with Crippen molar-refractivity contribution in [1.82, 2.24) is 0 Å². The molecular weight excluding hydrogens is 289 g/mol. The Bertz CT molecular complexity index is 572. The van der Waals surface area contributed by atoms with Crippen LogP contribution < -0.4 is 0 Å². The van der Waals surface area contributed by atoms with E-state index in [1.54, 1.807) is 45.0 Å². The first kappa shape index (κ1) is 15.0. The molecule has 1 aromatic carbocycles. The molecule has 0 aliphatic heterocycles. The molecule has 0 fully saturated rings. The molecule has 0 radical (unpaired) electrons. The predicted molar refractivity (Wildman–Crippen MR) is 72.9 cm³/mol. The molecular formula is C15H14ClF3O. The first-order chi connectivity index (χ1) is 9.09. The molecule has 0 aliphatic rings. The Labute approximate surface area is 120 Å². The lowest BCUT2D eigenvalue weighted by Crippen LogP contribution is -2.17. The van der Waals surface area contributed by atoms with Gasteiger partial charge in [-0.1, -0.05) is 32.4 Å². The fraction of sp³-hybridized carbons (Fsp3) is 0.333. The summed E-state index contributed by atoms with van der Waals surface area (Å²) in [4.78, 5) is 0. The highest BCUT2D eigenvalue weighted by atomic mass is 35.5. The number of halogens is 4. The molecule has 20 heavy (non-hydrogen) atoms. The van der Waals surface area contributed by atoms with E-state index in [1.165, 1.54) is 6.07 Å². The third-order valence-electron chi connectivity index (χ3n) is 2.93. The number of benzene rings is 1. The van der Waals surface area contributed by atoms with Gasteiger partial charge in [0.25, 0.3) is 0 Å². The topological polar surface area (TPSA) is 13.1 Å². The molecule has 2 rings (SSSR count). The van der Waals surface area contributed by atoms with Gasteiger partial charge in [0.1, 0.15) is 5.76 Å². The van der Waals surface area contributed by atoms with Crippen molar-refractivity contribution in [1.29, 1.82) is 0 Å². The first-order valence-corrected chi connectivity index (χ1v) is 6.44. The van der Waals surface area contributed by atoms with E-state index in [-0.39, 0.29) is 11.3 Å². The maximum atomic E-state index is 13.1. The van der Waals surface area contributed by atoms with E-state index in [4.69, 9.17) is 16.0 Å². The number of furan rings is 1. The maximum absolute atomic E-state index is 13.1. The molecule has 5 heteroatoms. The minimum atomic E-state index is -4.51. The van der Waals surface area contributed by atoms with Crippen LogP contribution in [0.1, 0.15) is 32.1 Å². The van der Waals surface area contributed by atoms with Crippen molar-refractivity contribution >= 4 is 11.6 Å². The summed E-state index contributed by atoms with van der Waals surface area (Å²) in [5.74, 6) is -0.742. The molecule has 0 atom stereocenters. The highest BCUT2D eigenvalue weighted by molar-refractivity contribution is 6.30. The van der Waals surface area contributed by atoms with Gasteiger partial charge in [0.2, 0.25) is 5.76 Å². The first-order valence-electron chi connectivity index (χ1n) is 6.06. The second kappa shape index (κ2) is 4.85. The maximum Gasteiger partial charge on any atom is 0.449 e. The van der Waals surface area contributed by atoms with Crippen molar-refractivity contribution < 1.29 is 17.6 Å². The Morgan fingerprint density at radius 1 is 1.00 bits per heavy atom. The summed E-state index contributed by atoms with van der Waals surface area (Å²) in [6.45, 7) is 5.16. The molecule has 0 amide bonds. The molecule has 0 aliphatic carbocycles. The van der Waals surface area contributed by atoms with E-state index in [2.05, 4.69) is 0 Å². The van der Waals surface area contributed by atoms with Crippen molar-refractivity contribution in [3.05, 3.63) is 46.7 Å². The third-order valence-corrected chi connectivity index (χ3v) is 3.18. The lowest BCUT2D eigenvalue weighted by Gasteiger charge is -2.18. The van der Waals surface area contributed by atoms with Gasteiger partial charge < -0.3 is 4.42 Å². The average molecular weight is 303 g/mol. The largest absolute Gasteiger partial charge is 0.451 e. The Morgan fingerprint density at radius 2 is 1.55 bits per heavy atom. The third kappa shape index (κ3) is 3.01. The fourth-order valence-corrected chi connectivity index (χ4v) is 2.04. The Morgan fingerprint density at radius 3 is 1.95 bits per heavy atom. The monoisotopic (exact) mass is 302 g/mol. The highest BCUT2D eigenvalue weighted by Crippen LogP contribution is 2.41. The zero-order chi connectivity index (χ0) is 15.1. The van der Waals surface area contributed by atoms with Crippen LogP contribution in [0, 0.1) is 0 Å². The van der Waals surface area contributed by atoms with Crippen LogP contribution in [0.3, 0.4) is 0 Å². The van der Waals surface area contributed by atoms with Crippen LogP contribution in [0.5, 0.6) is 0 Å². The number of hydrogen-bond acceptors (Lipinski definition) is 1. The molecule has 0 saturated heterocycles. The van der Waals surface area contributed by atoms with E-state index in [0.29, 0.717) is 10.6 Å². The molecule has 0 bridgehead atoms. The number of hydrogen-bond donors (Lipinski definition) is 0. The summed E-state index contributed by atoms with van der Waals surface area (Å²) >= 11 is 5.77. The Balaban J connectivity index is 2.57. The van der Waals surface area contributed by atoms with Gasteiger partial charge >= 0.3 is 6.18 Å². The lowest BCUT2D eigenvalue weighted by molar-refractivity contribution is -0.153. The van der Waals surface area contributed by atoms with E-state index in [9.17, 15) is 13.2 Å². The molecule has 0 saturated carbocycles. The van der Waals surface area contributed by atoms with Gasteiger partial charge in [-0.25, -0.2) is 0 Å². The van der Waals surface area contributed by atoms with Crippen molar-refractivity contribution in [3.63, 3.8) is 0 Å². The fourth-order valence-electron chi connectivity index (χ4n) is 1.92. The summed E-state index contributed by atoms with van der Waals surface area (Å²) in [7, 11) is 0. The van der Waals surface area contributed by atoms with Gasteiger partial charge in [0.15, 0.2) is 0 Å². The van der Waals surface area contributed by atoms with Crippen LogP contribution >= 0.6 is 11.6 Å². The Kier molecular flexibility index (Phi) is 3.63. The van der Waals surface area contributed by atoms with Crippen molar-refractivity contribution in [2.75, 3.05) is 0 Å². The molecule has 1 heterocycles. The quantitative estimate of drug-likeness (QED) is 0.637. The van der Waals surface area contributed by atoms with E-state index >= 15 is 0 Å². The molecule has 0 unspecified atom stereocenters.